The van der Waals surface area contributed by atoms with Crippen molar-refractivity contribution in [2.75, 3.05) is 0 Å². The van der Waals surface area contributed by atoms with Crippen LogP contribution >= 0.6 is 0 Å². The molecule has 0 saturated heterocycles. The Morgan fingerprint density at radius 2 is 1.58 bits per heavy atom. The quantitative estimate of drug-likeness (QED) is 0.816. The molecule has 1 aromatic heterocycles. The highest BCUT2D eigenvalue weighted by Gasteiger charge is 2.29. The smallest absolute Gasteiger partial charge is 0.396 e. The number of ether oxygens (including phenoxy) is 1. The average molecular weight is 270 g/mol. The van der Waals surface area contributed by atoms with E-state index < -0.39 is 12.6 Å². The van der Waals surface area contributed by atoms with Crippen LogP contribution in [0.15, 0.2) is 46.9 Å². The third kappa shape index (κ3) is 4.79. The summed E-state index contributed by atoms with van der Waals surface area (Å²) in [6, 6.07) is 12.4. The number of hydrogen-bond acceptors (Lipinski definition) is 2. The topological polar surface area (TPSA) is 22.4 Å². The van der Waals surface area contributed by atoms with Crippen LogP contribution in [-0.4, -0.2) is 6.18 Å². The van der Waals surface area contributed by atoms with Crippen molar-refractivity contribution in [3.8, 4) is 0 Å². The van der Waals surface area contributed by atoms with Crippen molar-refractivity contribution in [2.45, 2.75) is 25.8 Å². The molecule has 2 aromatic rings. The van der Waals surface area contributed by atoms with Gasteiger partial charge < -0.3 is 9.15 Å². The molecule has 1 heterocycles. The van der Waals surface area contributed by atoms with Gasteiger partial charge in [0.15, 0.2) is 0 Å². The summed E-state index contributed by atoms with van der Waals surface area (Å²) in [5.41, 5.74) is 1.00. The molecule has 0 spiro atoms. The minimum Gasteiger partial charge on any atom is -0.463 e. The van der Waals surface area contributed by atoms with E-state index in [0.717, 1.165) is 5.56 Å². The Labute approximate surface area is 108 Å². The molecule has 102 valence electrons. The van der Waals surface area contributed by atoms with Crippen molar-refractivity contribution in [2.24, 2.45) is 0 Å². The van der Waals surface area contributed by atoms with E-state index in [0.29, 0.717) is 12.4 Å². The lowest BCUT2D eigenvalue weighted by atomic mass is 10.2. The largest absolute Gasteiger partial charge is 0.463 e. The fourth-order valence-electron chi connectivity index (χ4n) is 1.64. The summed E-state index contributed by atoms with van der Waals surface area (Å²) >= 11 is 0. The van der Waals surface area contributed by atoms with E-state index in [2.05, 4.69) is 0 Å². The van der Waals surface area contributed by atoms with Crippen LogP contribution in [0, 0.1) is 0 Å². The lowest BCUT2D eigenvalue weighted by molar-refractivity contribution is -0.130. The lowest BCUT2D eigenvalue weighted by Gasteiger charge is -2.03. The summed E-state index contributed by atoms with van der Waals surface area (Å²) in [7, 11) is 0. The van der Waals surface area contributed by atoms with Crippen molar-refractivity contribution < 1.29 is 22.3 Å². The van der Waals surface area contributed by atoms with Crippen LogP contribution in [0.3, 0.4) is 0 Å². The molecular formula is C14H13F3O2. The predicted octanol–water partition coefficient (Wildman–Crippen LogP) is 4.10. The highest BCUT2D eigenvalue weighted by atomic mass is 19.4. The third-order valence-corrected chi connectivity index (χ3v) is 2.45. The number of rotatable bonds is 5. The third-order valence-electron chi connectivity index (χ3n) is 2.45. The molecule has 0 aliphatic carbocycles. The van der Waals surface area contributed by atoms with Gasteiger partial charge in [-0.1, -0.05) is 30.3 Å². The Morgan fingerprint density at radius 3 is 2.26 bits per heavy atom. The first kappa shape index (κ1) is 13.7. The Morgan fingerprint density at radius 1 is 0.895 bits per heavy atom. The highest BCUT2D eigenvalue weighted by molar-refractivity contribution is 5.13. The van der Waals surface area contributed by atoms with Gasteiger partial charge in [-0.25, -0.2) is 0 Å². The molecular weight excluding hydrogens is 257 g/mol. The lowest BCUT2D eigenvalue weighted by Crippen LogP contribution is -2.10. The molecule has 19 heavy (non-hydrogen) atoms. The molecule has 1 aromatic carbocycles. The van der Waals surface area contributed by atoms with Gasteiger partial charge in [-0.05, 0) is 17.7 Å². The maximum absolute atomic E-state index is 12.1. The van der Waals surface area contributed by atoms with E-state index in [1.54, 1.807) is 0 Å². The van der Waals surface area contributed by atoms with Crippen molar-refractivity contribution in [1.29, 1.82) is 0 Å². The van der Waals surface area contributed by atoms with E-state index in [-0.39, 0.29) is 12.4 Å². The fraction of sp³-hybridized carbons (Fsp3) is 0.286. The maximum atomic E-state index is 12.1. The molecule has 0 unspecified atom stereocenters. The normalized spacial score (nSPS) is 11.7. The van der Waals surface area contributed by atoms with Gasteiger partial charge in [0.05, 0.1) is 6.61 Å². The summed E-state index contributed by atoms with van der Waals surface area (Å²) in [5, 5.41) is 0. The SMILES string of the molecule is FC(F)(F)Cc1ccc(COCc2ccccc2)o1. The first-order valence-electron chi connectivity index (χ1n) is 5.79. The minimum atomic E-state index is -4.25. The van der Waals surface area contributed by atoms with Gasteiger partial charge in [0.2, 0.25) is 0 Å². The van der Waals surface area contributed by atoms with Crippen molar-refractivity contribution in [3.63, 3.8) is 0 Å². The Bertz CT molecular complexity index is 503. The Balaban J connectivity index is 1.81. The van der Waals surface area contributed by atoms with Crippen LogP contribution in [0.4, 0.5) is 13.2 Å². The molecule has 0 aliphatic heterocycles. The van der Waals surface area contributed by atoms with Crippen LogP contribution in [0.25, 0.3) is 0 Å². The maximum Gasteiger partial charge on any atom is 0.396 e. The van der Waals surface area contributed by atoms with Gasteiger partial charge in [0.1, 0.15) is 24.5 Å². The second kappa shape index (κ2) is 5.93. The zero-order valence-corrected chi connectivity index (χ0v) is 10.1. The van der Waals surface area contributed by atoms with E-state index in [4.69, 9.17) is 9.15 Å². The zero-order valence-electron chi connectivity index (χ0n) is 10.1. The minimum absolute atomic E-state index is 0.0918. The monoisotopic (exact) mass is 270 g/mol. The number of halogens is 3. The van der Waals surface area contributed by atoms with Crippen LogP contribution in [0.5, 0.6) is 0 Å². The molecule has 2 rings (SSSR count). The van der Waals surface area contributed by atoms with E-state index in [9.17, 15) is 13.2 Å². The van der Waals surface area contributed by atoms with Crippen LogP contribution in [0.2, 0.25) is 0 Å². The van der Waals surface area contributed by atoms with Crippen LogP contribution < -0.4 is 0 Å². The molecule has 2 nitrogen and oxygen atoms in total. The second-order valence-corrected chi connectivity index (χ2v) is 4.14. The second-order valence-electron chi connectivity index (χ2n) is 4.14. The van der Waals surface area contributed by atoms with Crippen molar-refractivity contribution >= 4 is 0 Å². The van der Waals surface area contributed by atoms with E-state index >= 15 is 0 Å². The molecule has 5 heteroatoms. The molecule has 0 amide bonds. The molecule has 0 aliphatic rings. The standard InChI is InChI=1S/C14H13F3O2/c15-14(16,17)8-12-6-7-13(19-12)10-18-9-11-4-2-1-3-5-11/h1-7H,8-10H2. The molecule has 0 N–H and O–H groups in total. The van der Waals surface area contributed by atoms with Crippen LogP contribution in [0.1, 0.15) is 17.1 Å². The number of alkyl halides is 3. The molecule has 0 saturated carbocycles. The Hall–Kier alpha value is -1.75. The summed E-state index contributed by atoms with van der Waals surface area (Å²) in [6.45, 7) is 0.558. The first-order chi connectivity index (χ1) is 9.03. The van der Waals surface area contributed by atoms with Gasteiger partial charge in [0.25, 0.3) is 0 Å². The molecule has 0 radical (unpaired) electrons. The van der Waals surface area contributed by atoms with Crippen LogP contribution in [-0.2, 0) is 24.4 Å². The summed E-state index contributed by atoms with van der Waals surface area (Å²) in [5.74, 6) is 0.306. The van der Waals surface area contributed by atoms with E-state index in [1.165, 1.54) is 12.1 Å². The van der Waals surface area contributed by atoms with Gasteiger partial charge in [0, 0.05) is 0 Å². The zero-order chi connectivity index (χ0) is 13.7. The predicted molar refractivity (Wildman–Crippen MR) is 63.4 cm³/mol. The number of furan rings is 1. The first-order valence-corrected chi connectivity index (χ1v) is 5.79. The van der Waals surface area contributed by atoms with Crippen molar-refractivity contribution in [1.82, 2.24) is 0 Å². The fourth-order valence-corrected chi connectivity index (χ4v) is 1.64. The van der Waals surface area contributed by atoms with Gasteiger partial charge in [-0.3, -0.25) is 0 Å². The average Bonchev–Trinajstić information content (AvgIpc) is 2.76. The molecule has 0 atom stereocenters. The Kier molecular flexibility index (Phi) is 4.27. The number of benzene rings is 1. The summed E-state index contributed by atoms with van der Waals surface area (Å²) in [6.07, 6.45) is -5.30. The summed E-state index contributed by atoms with van der Waals surface area (Å²) in [4.78, 5) is 0. The summed E-state index contributed by atoms with van der Waals surface area (Å²) < 4.78 is 46.8. The van der Waals surface area contributed by atoms with Crippen molar-refractivity contribution in [3.05, 3.63) is 59.5 Å². The van der Waals surface area contributed by atoms with Gasteiger partial charge in [-0.15, -0.1) is 0 Å². The number of hydrogen-bond donors (Lipinski definition) is 0. The van der Waals surface area contributed by atoms with Gasteiger partial charge >= 0.3 is 6.18 Å². The molecule has 0 fully saturated rings. The molecule has 0 bridgehead atoms. The van der Waals surface area contributed by atoms with E-state index in [1.807, 2.05) is 30.3 Å². The highest BCUT2D eigenvalue weighted by Crippen LogP contribution is 2.22. The van der Waals surface area contributed by atoms with Gasteiger partial charge in [-0.2, -0.15) is 13.2 Å².